The Hall–Kier alpha value is -3.13. The lowest BCUT2D eigenvalue weighted by molar-refractivity contribution is 0.103. The van der Waals surface area contributed by atoms with E-state index in [-0.39, 0.29) is 5.78 Å². The summed E-state index contributed by atoms with van der Waals surface area (Å²) >= 11 is 0. The number of ether oxygens (including phenoxy) is 1. The zero-order valence-electron chi connectivity index (χ0n) is 14.0. The van der Waals surface area contributed by atoms with Crippen molar-refractivity contribution in [2.24, 2.45) is 0 Å². The van der Waals surface area contributed by atoms with Gasteiger partial charge in [-0.1, -0.05) is 66.7 Å². The molecular formula is C23H18O2. The minimum absolute atomic E-state index is 0.0847. The van der Waals surface area contributed by atoms with Gasteiger partial charge in [0.05, 0.1) is 6.61 Å². The van der Waals surface area contributed by atoms with Crippen LogP contribution in [0.3, 0.4) is 0 Å². The predicted octanol–water partition coefficient (Wildman–Crippen LogP) is 5.22. The van der Waals surface area contributed by atoms with Crippen molar-refractivity contribution in [1.29, 1.82) is 0 Å². The summed E-state index contributed by atoms with van der Waals surface area (Å²) in [6, 6.07) is 23.6. The summed E-state index contributed by atoms with van der Waals surface area (Å²) in [6.07, 6.45) is 2.12. The molecule has 0 heterocycles. The van der Waals surface area contributed by atoms with Crippen molar-refractivity contribution in [2.45, 2.75) is 6.92 Å². The van der Waals surface area contributed by atoms with Crippen molar-refractivity contribution >= 4 is 17.4 Å². The van der Waals surface area contributed by atoms with Crippen LogP contribution in [0.1, 0.15) is 39.5 Å². The molecule has 0 saturated heterocycles. The first-order chi connectivity index (χ1) is 12.3. The van der Waals surface area contributed by atoms with Gasteiger partial charge in [0.2, 0.25) is 0 Å². The molecule has 0 unspecified atom stereocenters. The first kappa shape index (κ1) is 15.4. The van der Waals surface area contributed by atoms with Gasteiger partial charge in [0.15, 0.2) is 5.78 Å². The van der Waals surface area contributed by atoms with E-state index in [1.807, 2.05) is 79.7 Å². The molecule has 0 atom stereocenters. The van der Waals surface area contributed by atoms with Gasteiger partial charge in [-0.25, -0.2) is 0 Å². The fraction of sp³-hybridized carbons (Fsp3) is 0.0870. The summed E-state index contributed by atoms with van der Waals surface area (Å²) in [6.45, 7) is 2.60. The van der Waals surface area contributed by atoms with E-state index in [4.69, 9.17) is 4.74 Å². The van der Waals surface area contributed by atoms with Crippen LogP contribution in [0.25, 0.3) is 11.6 Å². The molecule has 0 aliphatic heterocycles. The minimum Gasteiger partial charge on any atom is -0.493 e. The van der Waals surface area contributed by atoms with Crippen LogP contribution in [0.4, 0.5) is 0 Å². The van der Waals surface area contributed by atoms with Crippen LogP contribution in [0, 0.1) is 0 Å². The summed E-state index contributed by atoms with van der Waals surface area (Å²) in [5, 5.41) is 0. The van der Waals surface area contributed by atoms with Crippen LogP contribution in [0.2, 0.25) is 0 Å². The maximum absolute atomic E-state index is 12.8. The highest BCUT2D eigenvalue weighted by atomic mass is 16.5. The SMILES string of the molecule is CCOc1ccccc1C=C1c2ccccc2C(=O)c2ccccc21. The maximum atomic E-state index is 12.8. The number of hydrogen-bond acceptors (Lipinski definition) is 2. The minimum atomic E-state index is 0.0847. The summed E-state index contributed by atoms with van der Waals surface area (Å²) in [4.78, 5) is 12.8. The van der Waals surface area contributed by atoms with E-state index in [0.29, 0.717) is 6.61 Å². The van der Waals surface area contributed by atoms with Crippen LogP contribution in [0.15, 0.2) is 72.8 Å². The van der Waals surface area contributed by atoms with Gasteiger partial charge < -0.3 is 4.74 Å². The molecule has 3 aromatic rings. The molecule has 0 spiro atoms. The summed E-state index contributed by atoms with van der Waals surface area (Å²) in [5.41, 5.74) is 5.51. The maximum Gasteiger partial charge on any atom is 0.194 e. The second-order valence-electron chi connectivity index (χ2n) is 5.95. The van der Waals surface area contributed by atoms with Gasteiger partial charge in [0, 0.05) is 16.7 Å². The number of rotatable bonds is 3. The average molecular weight is 326 g/mol. The highest BCUT2D eigenvalue weighted by molar-refractivity contribution is 6.20. The largest absolute Gasteiger partial charge is 0.493 e. The molecule has 122 valence electrons. The fourth-order valence-corrected chi connectivity index (χ4v) is 3.32. The highest BCUT2D eigenvalue weighted by Crippen LogP contribution is 2.38. The van der Waals surface area contributed by atoms with Crippen LogP contribution in [-0.4, -0.2) is 12.4 Å². The Kier molecular flexibility index (Phi) is 3.95. The van der Waals surface area contributed by atoms with Gasteiger partial charge in [0.1, 0.15) is 5.75 Å². The molecule has 0 fully saturated rings. The predicted molar refractivity (Wildman–Crippen MR) is 101 cm³/mol. The number of hydrogen-bond donors (Lipinski definition) is 0. The summed E-state index contributed by atoms with van der Waals surface area (Å²) in [5.74, 6) is 0.936. The van der Waals surface area contributed by atoms with Crippen LogP contribution >= 0.6 is 0 Å². The number of benzene rings is 3. The second-order valence-corrected chi connectivity index (χ2v) is 5.95. The molecule has 1 aliphatic rings. The first-order valence-corrected chi connectivity index (χ1v) is 8.46. The smallest absolute Gasteiger partial charge is 0.194 e. The highest BCUT2D eigenvalue weighted by Gasteiger charge is 2.26. The Balaban J connectivity index is 1.97. The molecule has 25 heavy (non-hydrogen) atoms. The third-order valence-corrected chi connectivity index (χ3v) is 4.44. The summed E-state index contributed by atoms with van der Waals surface area (Å²) < 4.78 is 5.76. The lowest BCUT2D eigenvalue weighted by Gasteiger charge is -2.22. The van der Waals surface area contributed by atoms with E-state index in [9.17, 15) is 4.79 Å². The molecule has 4 rings (SSSR count). The zero-order valence-corrected chi connectivity index (χ0v) is 14.0. The number of carbonyl (C=O) groups excluding carboxylic acids is 1. The molecule has 0 saturated carbocycles. The quantitative estimate of drug-likeness (QED) is 0.516. The van der Waals surface area contributed by atoms with E-state index in [0.717, 1.165) is 39.1 Å². The number of carbonyl (C=O) groups is 1. The Bertz CT molecular complexity index is 931. The van der Waals surface area contributed by atoms with Gasteiger partial charge in [-0.15, -0.1) is 0 Å². The molecule has 0 aromatic heterocycles. The van der Waals surface area contributed by atoms with Crippen LogP contribution in [-0.2, 0) is 0 Å². The molecule has 3 aromatic carbocycles. The molecular weight excluding hydrogens is 308 g/mol. The van der Waals surface area contributed by atoms with Crippen molar-refractivity contribution in [2.75, 3.05) is 6.61 Å². The Labute approximate surface area is 147 Å². The Morgan fingerprint density at radius 1 is 0.760 bits per heavy atom. The van der Waals surface area contributed by atoms with Gasteiger partial charge in [-0.3, -0.25) is 4.79 Å². The summed E-state index contributed by atoms with van der Waals surface area (Å²) in [7, 11) is 0. The second kappa shape index (κ2) is 6.40. The Morgan fingerprint density at radius 2 is 1.28 bits per heavy atom. The van der Waals surface area contributed by atoms with Crippen molar-refractivity contribution in [3.8, 4) is 5.75 Å². The van der Waals surface area contributed by atoms with Crippen molar-refractivity contribution < 1.29 is 9.53 Å². The molecule has 2 nitrogen and oxygen atoms in total. The topological polar surface area (TPSA) is 26.3 Å². The molecule has 1 aliphatic carbocycles. The van der Waals surface area contributed by atoms with Gasteiger partial charge in [0.25, 0.3) is 0 Å². The molecule has 2 heteroatoms. The van der Waals surface area contributed by atoms with Gasteiger partial charge >= 0.3 is 0 Å². The molecule has 0 bridgehead atoms. The standard InChI is InChI=1S/C23H18O2/c1-2-25-22-14-8-3-9-16(22)15-21-17-10-4-6-12-19(17)23(24)20-13-7-5-11-18(20)21/h3-15H,2H2,1H3. The van der Waals surface area contributed by atoms with Gasteiger partial charge in [-0.05, 0) is 35.8 Å². The van der Waals surface area contributed by atoms with Crippen LogP contribution in [0.5, 0.6) is 5.75 Å². The molecule has 0 amide bonds. The van der Waals surface area contributed by atoms with E-state index >= 15 is 0 Å². The third kappa shape index (κ3) is 2.66. The number of fused-ring (bicyclic) bond motifs is 2. The molecule has 0 radical (unpaired) electrons. The monoisotopic (exact) mass is 326 g/mol. The zero-order chi connectivity index (χ0) is 17.2. The lowest BCUT2D eigenvalue weighted by atomic mass is 9.80. The van der Waals surface area contributed by atoms with E-state index < -0.39 is 0 Å². The third-order valence-electron chi connectivity index (χ3n) is 4.44. The molecule has 0 N–H and O–H groups in total. The number of para-hydroxylation sites is 1. The van der Waals surface area contributed by atoms with E-state index in [1.165, 1.54) is 0 Å². The average Bonchev–Trinajstić information content (AvgIpc) is 2.67. The van der Waals surface area contributed by atoms with Crippen molar-refractivity contribution in [1.82, 2.24) is 0 Å². The van der Waals surface area contributed by atoms with Crippen molar-refractivity contribution in [3.63, 3.8) is 0 Å². The lowest BCUT2D eigenvalue weighted by Crippen LogP contribution is -2.14. The first-order valence-electron chi connectivity index (χ1n) is 8.46. The van der Waals surface area contributed by atoms with Gasteiger partial charge in [-0.2, -0.15) is 0 Å². The normalized spacial score (nSPS) is 12.4. The number of ketones is 1. The Morgan fingerprint density at radius 3 is 1.88 bits per heavy atom. The van der Waals surface area contributed by atoms with E-state index in [1.54, 1.807) is 0 Å². The van der Waals surface area contributed by atoms with Crippen LogP contribution < -0.4 is 4.74 Å². The van der Waals surface area contributed by atoms with Crippen molar-refractivity contribution in [3.05, 3.63) is 101 Å². The fourth-order valence-electron chi connectivity index (χ4n) is 3.32. The van der Waals surface area contributed by atoms with E-state index in [2.05, 4.69) is 6.08 Å².